The van der Waals surface area contributed by atoms with Gasteiger partial charge in [0.2, 0.25) is 0 Å². The number of hydrogen-bond acceptors (Lipinski definition) is 4. The Balaban J connectivity index is 2.53. The minimum Gasteiger partial charge on any atom is -0.152 e. The first-order valence-electron chi connectivity index (χ1n) is 2.97. The molecule has 2 aromatic heterocycles. The number of rotatable bonds is 1. The predicted octanol–water partition coefficient (Wildman–Crippen LogP) is 4.27. The van der Waals surface area contributed by atoms with E-state index in [1.807, 2.05) is 0 Å². The van der Waals surface area contributed by atoms with Gasteiger partial charge in [-0.1, -0.05) is 12.2 Å². The molecule has 4 heteroatoms. The third-order valence-corrected chi connectivity index (χ3v) is 4.46. The Bertz CT molecular complexity index is 378. The van der Waals surface area contributed by atoms with Crippen molar-refractivity contribution in [3.05, 3.63) is 25.3 Å². The molecule has 2 aromatic rings. The molecule has 11 heavy (non-hydrogen) atoms. The first-order chi connectivity index (χ1) is 5.36. The molecule has 0 aliphatic carbocycles. The molecule has 0 bridgehead atoms. The van der Waals surface area contributed by atoms with E-state index in [-0.39, 0.29) is 0 Å². The van der Waals surface area contributed by atoms with Crippen LogP contribution in [0.5, 0.6) is 0 Å². The summed E-state index contributed by atoms with van der Waals surface area (Å²) in [7, 11) is 0. The molecule has 0 saturated heterocycles. The van der Waals surface area contributed by atoms with Crippen molar-refractivity contribution in [3.8, 4) is 10.4 Å². The van der Waals surface area contributed by atoms with Gasteiger partial charge in [-0.3, -0.25) is 0 Å². The van der Waals surface area contributed by atoms with Crippen LogP contribution in [-0.2, 0) is 0 Å². The first kappa shape index (κ1) is 7.61. The Morgan fingerprint density at radius 3 is 2.73 bits per heavy atom. The largest absolute Gasteiger partial charge is 0.152 e. The summed E-state index contributed by atoms with van der Waals surface area (Å²) in [6, 6.07) is 2.12. The van der Waals surface area contributed by atoms with Crippen LogP contribution in [0.15, 0.2) is 22.2 Å². The summed E-state index contributed by atoms with van der Waals surface area (Å²) in [5.41, 5.74) is 1.30. The van der Waals surface area contributed by atoms with Crippen LogP contribution in [0, 0.1) is 3.14 Å². The maximum absolute atomic E-state index is 5.05. The van der Waals surface area contributed by atoms with E-state index in [2.05, 4.69) is 22.2 Å². The molecular formula is C7H4S4. The van der Waals surface area contributed by atoms with E-state index >= 15 is 0 Å². The van der Waals surface area contributed by atoms with Gasteiger partial charge in [-0.2, -0.15) is 11.3 Å². The van der Waals surface area contributed by atoms with Crippen molar-refractivity contribution in [1.29, 1.82) is 0 Å². The highest BCUT2D eigenvalue weighted by atomic mass is 32.2. The minimum atomic E-state index is 1.01. The second-order valence-corrected chi connectivity index (χ2v) is 5.86. The van der Waals surface area contributed by atoms with Gasteiger partial charge >= 0.3 is 0 Å². The van der Waals surface area contributed by atoms with Crippen molar-refractivity contribution in [2.45, 2.75) is 0 Å². The van der Waals surface area contributed by atoms with Gasteiger partial charge in [0.1, 0.15) is 3.14 Å². The summed E-state index contributed by atoms with van der Waals surface area (Å²) in [6.45, 7) is 0. The SMILES string of the molecule is S=c1scc(-c2ccsc2)s1. The average Bonchev–Trinajstić information content (AvgIpc) is 2.55. The molecule has 0 aromatic carbocycles. The second kappa shape index (κ2) is 3.15. The summed E-state index contributed by atoms with van der Waals surface area (Å²) in [5.74, 6) is 0. The van der Waals surface area contributed by atoms with Crippen LogP contribution in [-0.4, -0.2) is 0 Å². The molecule has 2 heterocycles. The highest BCUT2D eigenvalue weighted by molar-refractivity contribution is 7.76. The van der Waals surface area contributed by atoms with Crippen molar-refractivity contribution < 1.29 is 0 Å². The van der Waals surface area contributed by atoms with E-state index in [1.165, 1.54) is 10.4 Å². The lowest BCUT2D eigenvalue weighted by atomic mass is 10.3. The van der Waals surface area contributed by atoms with Gasteiger partial charge in [0.15, 0.2) is 0 Å². The Hall–Kier alpha value is -0.0300. The Kier molecular flexibility index (Phi) is 2.18. The minimum absolute atomic E-state index is 1.01. The summed E-state index contributed by atoms with van der Waals surface area (Å²) in [4.78, 5) is 1.29. The van der Waals surface area contributed by atoms with Crippen molar-refractivity contribution in [1.82, 2.24) is 0 Å². The molecule has 0 N–H and O–H groups in total. The summed E-state index contributed by atoms with van der Waals surface area (Å²) in [5, 5.41) is 6.35. The van der Waals surface area contributed by atoms with Crippen LogP contribution in [0.4, 0.5) is 0 Å². The number of thiophene rings is 1. The Labute approximate surface area is 81.8 Å². The summed E-state index contributed by atoms with van der Waals surface area (Å²) in [6.07, 6.45) is 0. The van der Waals surface area contributed by atoms with Gasteiger partial charge in [-0.15, -0.1) is 22.7 Å². The van der Waals surface area contributed by atoms with E-state index in [0.29, 0.717) is 0 Å². The van der Waals surface area contributed by atoms with Crippen LogP contribution in [0.2, 0.25) is 0 Å². The molecule has 0 atom stereocenters. The fourth-order valence-corrected chi connectivity index (χ4v) is 3.62. The molecule has 0 fully saturated rings. The van der Waals surface area contributed by atoms with Gasteiger partial charge in [0.05, 0.1) is 0 Å². The summed E-state index contributed by atoms with van der Waals surface area (Å²) < 4.78 is 1.01. The Morgan fingerprint density at radius 2 is 2.18 bits per heavy atom. The van der Waals surface area contributed by atoms with Gasteiger partial charge in [-0.05, 0) is 16.8 Å². The first-order valence-corrected chi connectivity index (χ1v) is 6.02. The average molecular weight is 216 g/mol. The van der Waals surface area contributed by atoms with E-state index in [9.17, 15) is 0 Å². The fourth-order valence-electron chi connectivity index (χ4n) is 0.771. The summed E-state index contributed by atoms with van der Waals surface area (Å²) >= 11 is 10.1. The molecule has 0 nitrogen and oxygen atoms in total. The monoisotopic (exact) mass is 216 g/mol. The number of hydrogen-bond donors (Lipinski definition) is 0. The normalized spacial score (nSPS) is 10.2. The highest BCUT2D eigenvalue weighted by Crippen LogP contribution is 2.29. The van der Waals surface area contributed by atoms with Crippen LogP contribution < -0.4 is 0 Å². The van der Waals surface area contributed by atoms with Crippen molar-refractivity contribution in [2.75, 3.05) is 0 Å². The lowest BCUT2D eigenvalue weighted by molar-refractivity contribution is 1.94. The van der Waals surface area contributed by atoms with E-state index in [0.717, 1.165) is 3.14 Å². The zero-order chi connectivity index (χ0) is 7.68. The molecule has 0 saturated carbocycles. The van der Waals surface area contributed by atoms with E-state index < -0.39 is 0 Å². The standard InChI is InChI=1S/C7H4S4/c8-7-10-4-6(11-7)5-1-2-9-3-5/h1-4H. The lowest BCUT2D eigenvalue weighted by Crippen LogP contribution is -1.57. The van der Waals surface area contributed by atoms with Crippen LogP contribution >= 0.6 is 46.2 Å². The van der Waals surface area contributed by atoms with E-state index in [4.69, 9.17) is 12.2 Å². The van der Waals surface area contributed by atoms with Crippen molar-refractivity contribution >= 4 is 46.2 Å². The topological polar surface area (TPSA) is 0 Å². The quantitative estimate of drug-likeness (QED) is 0.642. The second-order valence-electron chi connectivity index (χ2n) is 1.96. The van der Waals surface area contributed by atoms with Crippen LogP contribution in [0.3, 0.4) is 0 Å². The third-order valence-electron chi connectivity index (χ3n) is 1.26. The maximum atomic E-state index is 5.05. The predicted molar refractivity (Wildman–Crippen MR) is 56.3 cm³/mol. The molecule has 2 rings (SSSR count). The molecule has 56 valence electrons. The Morgan fingerprint density at radius 1 is 1.27 bits per heavy atom. The zero-order valence-electron chi connectivity index (χ0n) is 5.44. The van der Waals surface area contributed by atoms with Gasteiger partial charge in [-0.25, -0.2) is 0 Å². The third kappa shape index (κ3) is 1.59. The molecule has 0 aliphatic heterocycles. The molecule has 0 spiro atoms. The van der Waals surface area contributed by atoms with Crippen LogP contribution in [0.1, 0.15) is 0 Å². The maximum Gasteiger partial charge on any atom is 0.144 e. The van der Waals surface area contributed by atoms with Gasteiger partial charge < -0.3 is 0 Å². The molecule has 0 amide bonds. The fraction of sp³-hybridized carbons (Fsp3) is 0. The van der Waals surface area contributed by atoms with Crippen molar-refractivity contribution in [3.63, 3.8) is 0 Å². The molecule has 0 unspecified atom stereocenters. The lowest BCUT2D eigenvalue weighted by Gasteiger charge is -1.84. The van der Waals surface area contributed by atoms with Gasteiger partial charge in [0, 0.05) is 15.8 Å². The molecular weight excluding hydrogens is 212 g/mol. The van der Waals surface area contributed by atoms with Gasteiger partial charge in [0.25, 0.3) is 0 Å². The zero-order valence-corrected chi connectivity index (χ0v) is 8.71. The molecule has 0 aliphatic rings. The van der Waals surface area contributed by atoms with Crippen LogP contribution in [0.25, 0.3) is 10.4 Å². The smallest absolute Gasteiger partial charge is 0.144 e. The highest BCUT2D eigenvalue weighted by Gasteiger charge is 1.98. The molecule has 0 radical (unpaired) electrons. The van der Waals surface area contributed by atoms with Crippen molar-refractivity contribution in [2.24, 2.45) is 0 Å². The van der Waals surface area contributed by atoms with E-state index in [1.54, 1.807) is 34.0 Å².